The molecule has 3 aromatic rings. The average molecular weight is 453 g/mol. The van der Waals surface area contributed by atoms with Gasteiger partial charge in [-0.05, 0) is 25.7 Å². The van der Waals surface area contributed by atoms with E-state index in [1.807, 2.05) is 6.07 Å². The summed E-state index contributed by atoms with van der Waals surface area (Å²) in [6.07, 6.45) is 4.02. The molecule has 4 N–H and O–H groups in total. The second-order valence-electron chi connectivity index (χ2n) is 8.54. The topological polar surface area (TPSA) is 127 Å². The highest BCUT2D eigenvalue weighted by molar-refractivity contribution is 6.04. The van der Waals surface area contributed by atoms with Crippen molar-refractivity contribution in [3.63, 3.8) is 0 Å². The number of amides is 1. The molecule has 10 nitrogen and oxygen atoms in total. The van der Waals surface area contributed by atoms with Crippen LogP contribution in [-0.4, -0.2) is 59.0 Å². The lowest BCUT2D eigenvalue weighted by Gasteiger charge is -2.26. The molecule has 2 aliphatic rings. The molecular formula is C23H28N6O4. The fourth-order valence-electron chi connectivity index (χ4n) is 4.47. The maximum absolute atomic E-state index is 12.6. The second-order valence-corrected chi connectivity index (χ2v) is 8.54. The van der Waals surface area contributed by atoms with Crippen molar-refractivity contribution in [2.24, 2.45) is 5.73 Å². The predicted octanol–water partition coefficient (Wildman–Crippen LogP) is 2.43. The molecule has 174 valence electrons. The molecule has 1 atom stereocenters. The number of fused-ring (bicyclic) bond motifs is 1. The number of hydrogen-bond donors (Lipinski definition) is 3. The first-order valence-corrected chi connectivity index (χ1v) is 11.1. The van der Waals surface area contributed by atoms with Crippen LogP contribution < -0.4 is 25.4 Å². The number of hydrogen-bond acceptors (Lipinski definition) is 8. The van der Waals surface area contributed by atoms with Gasteiger partial charge in [0.25, 0.3) is 5.91 Å². The average Bonchev–Trinajstić information content (AvgIpc) is 3.44. The van der Waals surface area contributed by atoms with E-state index >= 15 is 0 Å². The van der Waals surface area contributed by atoms with Crippen LogP contribution in [0.4, 0.5) is 17.3 Å². The molecule has 0 unspecified atom stereocenters. The zero-order valence-electron chi connectivity index (χ0n) is 18.7. The van der Waals surface area contributed by atoms with Gasteiger partial charge in [0, 0.05) is 48.1 Å². The van der Waals surface area contributed by atoms with E-state index in [2.05, 4.69) is 10.2 Å². The van der Waals surface area contributed by atoms with Crippen LogP contribution in [0.15, 0.2) is 24.3 Å². The Balaban J connectivity index is 1.66. The van der Waals surface area contributed by atoms with Crippen LogP contribution in [0.3, 0.4) is 0 Å². The maximum Gasteiger partial charge on any atom is 0.256 e. The molecule has 2 aromatic heterocycles. The van der Waals surface area contributed by atoms with Gasteiger partial charge in [0.05, 0.1) is 26.9 Å². The van der Waals surface area contributed by atoms with Crippen LogP contribution in [0.1, 0.15) is 47.7 Å². The fraction of sp³-hybridized carbons (Fsp3) is 0.435. The Hall–Kier alpha value is -3.53. The number of carbonyl (C=O) groups excluding carboxylic acids is 1. The van der Waals surface area contributed by atoms with E-state index in [1.54, 1.807) is 36.9 Å². The number of carbonyl (C=O) groups is 1. The van der Waals surface area contributed by atoms with Crippen molar-refractivity contribution in [1.82, 2.24) is 14.6 Å². The lowest BCUT2D eigenvalue weighted by Crippen LogP contribution is -2.33. The monoisotopic (exact) mass is 452 g/mol. The molecular weight excluding hydrogens is 424 g/mol. The highest BCUT2D eigenvalue weighted by Crippen LogP contribution is 2.42. The first kappa shape index (κ1) is 21.3. The van der Waals surface area contributed by atoms with Crippen LogP contribution in [0, 0.1) is 0 Å². The molecule has 3 heterocycles. The molecule has 0 spiro atoms. The molecule has 0 radical (unpaired) electrons. The molecule has 1 aromatic carbocycles. The van der Waals surface area contributed by atoms with Gasteiger partial charge in [0.15, 0.2) is 11.5 Å². The number of primary amides is 1. The molecule has 1 aliphatic carbocycles. The van der Waals surface area contributed by atoms with Crippen molar-refractivity contribution < 1.29 is 19.4 Å². The normalized spacial score (nSPS) is 18.0. The van der Waals surface area contributed by atoms with Crippen LogP contribution >= 0.6 is 0 Å². The number of methoxy groups -OCH3 is 2. The Labute approximate surface area is 191 Å². The van der Waals surface area contributed by atoms with Crippen molar-refractivity contribution in [2.75, 3.05) is 37.6 Å². The van der Waals surface area contributed by atoms with Crippen LogP contribution in [-0.2, 0) is 0 Å². The third-order valence-corrected chi connectivity index (χ3v) is 6.33. The molecule has 0 bridgehead atoms. The van der Waals surface area contributed by atoms with Crippen molar-refractivity contribution in [2.45, 2.75) is 37.6 Å². The smallest absolute Gasteiger partial charge is 0.256 e. The summed E-state index contributed by atoms with van der Waals surface area (Å²) in [6, 6.07) is 7.36. The third kappa shape index (κ3) is 3.91. The van der Waals surface area contributed by atoms with E-state index < -0.39 is 5.91 Å². The van der Waals surface area contributed by atoms with Crippen molar-refractivity contribution >= 4 is 28.9 Å². The number of anilines is 3. The summed E-state index contributed by atoms with van der Waals surface area (Å²) in [5.41, 5.74) is 8.02. The van der Waals surface area contributed by atoms with Crippen LogP contribution in [0.2, 0.25) is 0 Å². The second kappa shape index (κ2) is 8.43. The van der Waals surface area contributed by atoms with E-state index in [1.165, 1.54) is 0 Å². The van der Waals surface area contributed by atoms with Crippen molar-refractivity contribution in [1.29, 1.82) is 0 Å². The van der Waals surface area contributed by atoms with Gasteiger partial charge in [-0.1, -0.05) is 0 Å². The minimum Gasteiger partial charge on any atom is -0.497 e. The van der Waals surface area contributed by atoms with Crippen molar-refractivity contribution in [3.8, 4) is 11.5 Å². The largest absolute Gasteiger partial charge is 0.497 e. The van der Waals surface area contributed by atoms with Gasteiger partial charge < -0.3 is 30.5 Å². The Bertz CT molecular complexity index is 1180. The van der Waals surface area contributed by atoms with E-state index in [0.717, 1.165) is 43.7 Å². The van der Waals surface area contributed by atoms with Gasteiger partial charge in [-0.25, -0.2) is 4.98 Å². The predicted molar refractivity (Wildman–Crippen MR) is 124 cm³/mol. The molecule has 1 saturated heterocycles. The quantitative estimate of drug-likeness (QED) is 0.476. The lowest BCUT2D eigenvalue weighted by molar-refractivity contribution is 0.100. The molecule has 5 rings (SSSR count). The first-order valence-electron chi connectivity index (χ1n) is 11.1. The molecule has 33 heavy (non-hydrogen) atoms. The van der Waals surface area contributed by atoms with Crippen molar-refractivity contribution in [3.05, 3.63) is 35.5 Å². The zero-order chi connectivity index (χ0) is 23.1. The minimum atomic E-state index is -0.617. The number of aliphatic hydroxyl groups excluding tert-OH is 1. The maximum atomic E-state index is 12.6. The van der Waals surface area contributed by atoms with Gasteiger partial charge in [-0.15, -0.1) is 5.10 Å². The summed E-state index contributed by atoms with van der Waals surface area (Å²) in [5, 5.41) is 17.8. The van der Waals surface area contributed by atoms with Gasteiger partial charge >= 0.3 is 0 Å². The zero-order valence-corrected chi connectivity index (χ0v) is 18.7. The van der Waals surface area contributed by atoms with Crippen LogP contribution in [0.25, 0.3) is 5.65 Å². The molecule has 1 saturated carbocycles. The summed E-state index contributed by atoms with van der Waals surface area (Å²) >= 11 is 0. The Morgan fingerprint density at radius 1 is 1.18 bits per heavy atom. The van der Waals surface area contributed by atoms with Gasteiger partial charge in [-0.3, -0.25) is 4.79 Å². The van der Waals surface area contributed by atoms with Gasteiger partial charge in [0.1, 0.15) is 22.9 Å². The number of benzene rings is 1. The summed E-state index contributed by atoms with van der Waals surface area (Å²) in [5.74, 6) is 2.07. The summed E-state index contributed by atoms with van der Waals surface area (Å²) < 4.78 is 12.4. The number of nitrogens with two attached hydrogens (primary N) is 1. The first-order chi connectivity index (χ1) is 16.0. The SMILES string of the molecule is COc1cc(Nc2nn3c(N4CCC[C@H]4CO)cc(C4CC4)nc3c2C(N)=O)cc(OC)c1. The highest BCUT2D eigenvalue weighted by Gasteiger charge is 2.32. The van der Waals surface area contributed by atoms with Crippen LogP contribution in [0.5, 0.6) is 11.5 Å². The molecule has 10 heteroatoms. The van der Waals surface area contributed by atoms with E-state index in [4.69, 9.17) is 25.3 Å². The molecule has 1 amide bonds. The van der Waals surface area contributed by atoms with Gasteiger partial charge in [-0.2, -0.15) is 4.52 Å². The Morgan fingerprint density at radius 3 is 2.52 bits per heavy atom. The summed E-state index contributed by atoms with van der Waals surface area (Å²) in [7, 11) is 3.14. The minimum absolute atomic E-state index is 0.00272. The number of rotatable bonds is 8. The Morgan fingerprint density at radius 2 is 1.91 bits per heavy atom. The lowest BCUT2D eigenvalue weighted by atomic mass is 10.2. The number of aromatic nitrogens is 3. The number of nitrogens with one attached hydrogen (secondary N) is 1. The number of nitrogens with zero attached hydrogens (tertiary/aromatic N) is 4. The number of ether oxygens (including phenoxy) is 2. The number of aliphatic hydroxyl groups is 1. The van der Waals surface area contributed by atoms with E-state index in [9.17, 15) is 9.90 Å². The Kier molecular flexibility index (Phi) is 5.45. The van der Waals surface area contributed by atoms with E-state index in [0.29, 0.717) is 34.6 Å². The fourth-order valence-corrected chi connectivity index (χ4v) is 4.47. The van der Waals surface area contributed by atoms with Gasteiger partial charge in [0.2, 0.25) is 0 Å². The molecule has 2 fully saturated rings. The highest BCUT2D eigenvalue weighted by atomic mass is 16.5. The summed E-state index contributed by atoms with van der Waals surface area (Å²) in [4.78, 5) is 19.5. The summed E-state index contributed by atoms with van der Waals surface area (Å²) in [6.45, 7) is 0.858. The standard InChI is InChI=1S/C23H28N6O4/c1-32-16-8-14(9-17(10-16)33-2)25-22-20(21(24)31)23-26-18(13-5-6-13)11-19(29(23)27-22)28-7-3-4-15(28)12-30/h8-11,13,15,30H,3-7,12H2,1-2H3,(H2,24,31)(H,25,27)/t15-/m0/s1. The molecule has 1 aliphatic heterocycles. The third-order valence-electron chi connectivity index (χ3n) is 6.33. The van der Waals surface area contributed by atoms with E-state index in [-0.39, 0.29) is 18.2 Å².